The van der Waals surface area contributed by atoms with Gasteiger partial charge in [-0.2, -0.15) is 5.10 Å². The number of halogens is 1. The molecule has 2 rings (SSSR count). The van der Waals surface area contributed by atoms with Crippen molar-refractivity contribution < 1.29 is 9.53 Å². The lowest BCUT2D eigenvalue weighted by atomic mass is 10.1. The van der Waals surface area contributed by atoms with E-state index >= 15 is 0 Å². The Morgan fingerprint density at radius 2 is 2.19 bits per heavy atom. The van der Waals surface area contributed by atoms with E-state index in [1.807, 2.05) is 23.0 Å². The zero-order valence-electron chi connectivity index (χ0n) is 12.5. The van der Waals surface area contributed by atoms with Crippen LogP contribution in [0.15, 0.2) is 34.9 Å². The molecule has 0 fully saturated rings. The Hall–Kier alpha value is -1.62. The number of carbonyl (C=O) groups excluding carboxylic acids is 1. The molecule has 4 nitrogen and oxygen atoms in total. The van der Waals surface area contributed by atoms with Crippen LogP contribution in [0.1, 0.15) is 49.3 Å². The molecule has 2 aromatic rings. The largest absolute Gasteiger partial charge is 0.486 e. The fraction of sp³-hybridized carbons (Fsp3) is 0.375. The highest BCUT2D eigenvalue weighted by atomic mass is 79.9. The molecule has 1 heterocycles. The molecule has 0 radical (unpaired) electrons. The van der Waals surface area contributed by atoms with Gasteiger partial charge in [0.25, 0.3) is 0 Å². The molecule has 21 heavy (non-hydrogen) atoms. The van der Waals surface area contributed by atoms with Crippen LogP contribution in [0.2, 0.25) is 0 Å². The smallest absolute Gasteiger partial charge is 0.163 e. The number of rotatable bonds is 6. The minimum absolute atomic E-state index is 0.0172. The van der Waals surface area contributed by atoms with Gasteiger partial charge < -0.3 is 4.74 Å². The summed E-state index contributed by atoms with van der Waals surface area (Å²) >= 11 is 3.36. The van der Waals surface area contributed by atoms with Gasteiger partial charge in [0.15, 0.2) is 5.78 Å². The summed E-state index contributed by atoms with van der Waals surface area (Å²) < 4.78 is 8.55. The topological polar surface area (TPSA) is 44.1 Å². The number of carbonyl (C=O) groups is 1. The summed E-state index contributed by atoms with van der Waals surface area (Å²) in [5, 5.41) is 4.49. The van der Waals surface area contributed by atoms with Crippen LogP contribution >= 0.6 is 15.9 Å². The van der Waals surface area contributed by atoms with Gasteiger partial charge in [0.05, 0.1) is 11.3 Å². The van der Waals surface area contributed by atoms with E-state index in [0.29, 0.717) is 24.0 Å². The number of ketones is 1. The molecule has 0 N–H and O–H groups in total. The van der Waals surface area contributed by atoms with Crippen molar-refractivity contribution in [2.24, 2.45) is 0 Å². The minimum atomic E-state index is -0.0172. The summed E-state index contributed by atoms with van der Waals surface area (Å²) in [5.74, 6) is 0.570. The Morgan fingerprint density at radius 3 is 2.86 bits per heavy atom. The molecule has 0 spiro atoms. The third-order valence-electron chi connectivity index (χ3n) is 3.40. The van der Waals surface area contributed by atoms with Crippen molar-refractivity contribution in [3.8, 4) is 5.75 Å². The van der Waals surface area contributed by atoms with E-state index in [1.54, 1.807) is 12.1 Å². The molecule has 5 heteroatoms. The zero-order chi connectivity index (χ0) is 15.4. The molecular weight excluding hydrogens is 332 g/mol. The number of nitrogens with zero attached hydrogens (tertiary/aromatic N) is 2. The highest BCUT2D eigenvalue weighted by molar-refractivity contribution is 9.10. The minimum Gasteiger partial charge on any atom is -0.486 e. The number of aromatic nitrogens is 2. The van der Waals surface area contributed by atoms with Crippen LogP contribution in [0, 0.1) is 0 Å². The number of benzene rings is 1. The van der Waals surface area contributed by atoms with Gasteiger partial charge >= 0.3 is 0 Å². The Bertz CT molecular complexity index is 637. The predicted molar refractivity (Wildman–Crippen MR) is 85.7 cm³/mol. The van der Waals surface area contributed by atoms with Crippen molar-refractivity contribution in [1.29, 1.82) is 0 Å². The fourth-order valence-corrected chi connectivity index (χ4v) is 2.30. The maximum atomic E-state index is 11.6. The van der Waals surface area contributed by atoms with Gasteiger partial charge in [0.2, 0.25) is 0 Å². The standard InChI is InChI=1S/C16H19BrN2O2/c1-4-11(2)19-8-7-14(18-19)10-21-16-6-5-13(17)9-15(16)12(3)20/h5-9,11H,4,10H2,1-3H3. The Labute approximate surface area is 133 Å². The summed E-state index contributed by atoms with van der Waals surface area (Å²) in [7, 11) is 0. The van der Waals surface area contributed by atoms with Gasteiger partial charge in [-0.1, -0.05) is 22.9 Å². The summed E-state index contributed by atoms with van der Waals surface area (Å²) in [6, 6.07) is 7.75. The molecule has 0 aliphatic heterocycles. The predicted octanol–water partition coefficient (Wildman–Crippen LogP) is 4.40. The van der Waals surface area contributed by atoms with Crippen molar-refractivity contribution in [2.75, 3.05) is 0 Å². The maximum Gasteiger partial charge on any atom is 0.163 e. The molecule has 1 atom stereocenters. The van der Waals surface area contributed by atoms with Crippen molar-refractivity contribution >= 4 is 21.7 Å². The normalized spacial score (nSPS) is 12.2. The second kappa shape index (κ2) is 6.89. The molecule has 1 aromatic carbocycles. The van der Waals surface area contributed by atoms with Gasteiger partial charge in [0.1, 0.15) is 12.4 Å². The molecular formula is C16H19BrN2O2. The molecule has 0 amide bonds. The summed E-state index contributed by atoms with van der Waals surface area (Å²) in [6.45, 7) is 6.14. The van der Waals surface area contributed by atoms with E-state index in [9.17, 15) is 4.79 Å². The van der Waals surface area contributed by atoms with Gasteiger partial charge in [-0.25, -0.2) is 0 Å². The molecule has 0 aliphatic carbocycles. The van der Waals surface area contributed by atoms with Gasteiger partial charge in [0, 0.05) is 16.7 Å². The Kier molecular flexibility index (Phi) is 5.17. The lowest BCUT2D eigenvalue weighted by molar-refractivity contribution is 0.101. The van der Waals surface area contributed by atoms with Crippen molar-refractivity contribution in [2.45, 2.75) is 39.8 Å². The van der Waals surface area contributed by atoms with Crippen LogP contribution in [-0.2, 0) is 6.61 Å². The first-order valence-electron chi connectivity index (χ1n) is 6.98. The quantitative estimate of drug-likeness (QED) is 0.725. The average Bonchev–Trinajstić information content (AvgIpc) is 2.93. The highest BCUT2D eigenvalue weighted by Gasteiger charge is 2.11. The number of Topliss-reactive ketones (excluding diaryl/α,β-unsaturated/α-hetero) is 1. The van der Waals surface area contributed by atoms with E-state index < -0.39 is 0 Å². The lowest BCUT2D eigenvalue weighted by Gasteiger charge is -2.10. The van der Waals surface area contributed by atoms with Crippen LogP contribution in [-0.4, -0.2) is 15.6 Å². The highest BCUT2D eigenvalue weighted by Crippen LogP contribution is 2.24. The van der Waals surface area contributed by atoms with E-state index in [2.05, 4.69) is 34.9 Å². The third-order valence-corrected chi connectivity index (χ3v) is 3.90. The van der Waals surface area contributed by atoms with Crippen LogP contribution in [0.4, 0.5) is 0 Å². The monoisotopic (exact) mass is 350 g/mol. The molecule has 1 unspecified atom stereocenters. The second-order valence-electron chi connectivity index (χ2n) is 5.03. The summed E-state index contributed by atoms with van der Waals surface area (Å²) in [5.41, 5.74) is 1.43. The van der Waals surface area contributed by atoms with E-state index in [0.717, 1.165) is 16.6 Å². The number of hydrogen-bond acceptors (Lipinski definition) is 3. The van der Waals surface area contributed by atoms with Gasteiger partial charge in [-0.15, -0.1) is 0 Å². The maximum absolute atomic E-state index is 11.6. The first-order valence-corrected chi connectivity index (χ1v) is 7.78. The Morgan fingerprint density at radius 1 is 1.43 bits per heavy atom. The van der Waals surface area contributed by atoms with Crippen LogP contribution in [0.25, 0.3) is 0 Å². The van der Waals surface area contributed by atoms with Crippen molar-refractivity contribution in [3.05, 3.63) is 46.2 Å². The zero-order valence-corrected chi connectivity index (χ0v) is 14.1. The summed E-state index contributed by atoms with van der Waals surface area (Å²) in [4.78, 5) is 11.6. The summed E-state index contributed by atoms with van der Waals surface area (Å²) in [6.07, 6.45) is 2.99. The average molecular weight is 351 g/mol. The third kappa shape index (κ3) is 3.94. The van der Waals surface area contributed by atoms with Crippen molar-refractivity contribution in [3.63, 3.8) is 0 Å². The molecule has 0 saturated carbocycles. The first-order chi connectivity index (χ1) is 10.0. The van der Waals surface area contributed by atoms with E-state index in [-0.39, 0.29) is 5.78 Å². The molecule has 0 bridgehead atoms. The van der Waals surface area contributed by atoms with Gasteiger partial charge in [-0.3, -0.25) is 9.48 Å². The number of ether oxygens (including phenoxy) is 1. The molecule has 0 saturated heterocycles. The van der Waals surface area contributed by atoms with Crippen LogP contribution in [0.5, 0.6) is 5.75 Å². The van der Waals surface area contributed by atoms with Crippen molar-refractivity contribution in [1.82, 2.24) is 9.78 Å². The first kappa shape index (κ1) is 15.8. The van der Waals surface area contributed by atoms with Crippen LogP contribution in [0.3, 0.4) is 0 Å². The SMILES string of the molecule is CCC(C)n1ccc(COc2ccc(Br)cc2C(C)=O)n1. The molecule has 0 aliphatic rings. The van der Waals surface area contributed by atoms with Gasteiger partial charge in [-0.05, 0) is 44.5 Å². The molecule has 1 aromatic heterocycles. The lowest BCUT2D eigenvalue weighted by Crippen LogP contribution is -2.06. The number of hydrogen-bond donors (Lipinski definition) is 0. The van der Waals surface area contributed by atoms with E-state index in [4.69, 9.17) is 4.74 Å². The molecule has 112 valence electrons. The van der Waals surface area contributed by atoms with Crippen LogP contribution < -0.4 is 4.74 Å². The van der Waals surface area contributed by atoms with E-state index in [1.165, 1.54) is 6.92 Å². The fourth-order valence-electron chi connectivity index (χ4n) is 1.94. The Balaban J connectivity index is 2.09. The second-order valence-corrected chi connectivity index (χ2v) is 5.95.